The topological polar surface area (TPSA) is 59.4 Å². The van der Waals surface area contributed by atoms with Crippen LogP contribution in [-0.4, -0.2) is 47.9 Å². The van der Waals surface area contributed by atoms with Gasteiger partial charge in [-0.05, 0) is 85.7 Å². The van der Waals surface area contributed by atoms with Crippen molar-refractivity contribution in [2.45, 2.75) is 44.7 Å². The normalized spacial score (nSPS) is 17.3. The monoisotopic (exact) mass is 530 g/mol. The summed E-state index contributed by atoms with van der Waals surface area (Å²) in [5.74, 6) is -0.712. The van der Waals surface area contributed by atoms with Crippen molar-refractivity contribution in [1.82, 2.24) is 9.80 Å². The lowest BCUT2D eigenvalue weighted by molar-refractivity contribution is -0.120. The first-order valence-electron chi connectivity index (χ1n) is 13.2. The quantitative estimate of drug-likeness (QED) is 0.426. The van der Waals surface area contributed by atoms with E-state index in [1.165, 1.54) is 23.3 Å². The van der Waals surface area contributed by atoms with E-state index < -0.39 is 5.82 Å². The van der Waals surface area contributed by atoms with E-state index in [0.29, 0.717) is 17.3 Å². The first kappa shape index (κ1) is 26.4. The van der Waals surface area contributed by atoms with Crippen LogP contribution in [-0.2, 0) is 16.8 Å². The van der Waals surface area contributed by atoms with Crippen molar-refractivity contribution in [2.75, 3.05) is 31.5 Å². The summed E-state index contributed by atoms with van der Waals surface area (Å²) in [7, 11) is 0. The second-order valence-corrected chi connectivity index (χ2v) is 11.0. The lowest BCUT2D eigenvalue weighted by Crippen LogP contribution is -2.58. The van der Waals surface area contributed by atoms with Gasteiger partial charge in [0.05, 0.1) is 23.2 Å². The SMILES string of the molecule is CC(C)N1CCC2(CC1)c1ccc(-c3cccc(C#N)c3)cc1CCN2CC(=O)Nc1ccc(Cl)c(F)c1. The molecule has 1 spiro atoms. The Morgan fingerprint density at radius 2 is 1.84 bits per heavy atom. The summed E-state index contributed by atoms with van der Waals surface area (Å²) < 4.78 is 13.9. The Morgan fingerprint density at radius 1 is 1.08 bits per heavy atom. The molecule has 0 aliphatic carbocycles. The summed E-state index contributed by atoms with van der Waals surface area (Å²) in [6, 6.07) is 21.4. The smallest absolute Gasteiger partial charge is 0.238 e. The number of likely N-dealkylation sites (tertiary alicyclic amines) is 1. The Kier molecular flexibility index (Phi) is 7.54. The molecule has 0 aromatic heterocycles. The van der Waals surface area contributed by atoms with Crippen molar-refractivity contribution >= 4 is 23.2 Å². The Morgan fingerprint density at radius 3 is 2.55 bits per heavy atom. The summed E-state index contributed by atoms with van der Waals surface area (Å²) in [5, 5.41) is 12.2. The molecule has 1 saturated heterocycles. The average molecular weight is 531 g/mol. The number of hydrogen-bond donors (Lipinski definition) is 1. The van der Waals surface area contributed by atoms with Gasteiger partial charge in [-0.25, -0.2) is 4.39 Å². The van der Waals surface area contributed by atoms with Gasteiger partial charge in [0.2, 0.25) is 5.91 Å². The van der Waals surface area contributed by atoms with E-state index in [9.17, 15) is 14.4 Å². The number of amides is 1. The minimum Gasteiger partial charge on any atom is -0.325 e. The third kappa shape index (κ3) is 5.19. The Balaban J connectivity index is 1.44. The van der Waals surface area contributed by atoms with E-state index >= 15 is 0 Å². The number of piperidine rings is 1. The maximum absolute atomic E-state index is 13.9. The van der Waals surface area contributed by atoms with Gasteiger partial charge in [0.25, 0.3) is 0 Å². The van der Waals surface area contributed by atoms with Gasteiger partial charge in [-0.2, -0.15) is 5.26 Å². The molecule has 7 heteroatoms. The molecule has 2 aliphatic heterocycles. The van der Waals surface area contributed by atoms with Gasteiger partial charge in [0.15, 0.2) is 0 Å². The fraction of sp³-hybridized carbons (Fsp3) is 0.355. The van der Waals surface area contributed by atoms with Gasteiger partial charge in [0.1, 0.15) is 5.82 Å². The zero-order valence-electron chi connectivity index (χ0n) is 21.8. The van der Waals surface area contributed by atoms with Gasteiger partial charge in [-0.3, -0.25) is 9.69 Å². The summed E-state index contributed by atoms with van der Waals surface area (Å²) >= 11 is 5.80. The van der Waals surface area contributed by atoms with E-state index in [-0.39, 0.29) is 23.0 Å². The predicted octanol–water partition coefficient (Wildman–Crippen LogP) is 6.21. The largest absolute Gasteiger partial charge is 0.325 e. The molecule has 196 valence electrons. The fourth-order valence-corrected chi connectivity index (χ4v) is 6.13. The molecule has 2 heterocycles. The van der Waals surface area contributed by atoms with Crippen LogP contribution in [0.25, 0.3) is 11.1 Å². The van der Waals surface area contributed by atoms with Crippen LogP contribution in [0.5, 0.6) is 0 Å². The molecule has 3 aromatic rings. The van der Waals surface area contributed by atoms with E-state index in [1.807, 2.05) is 24.3 Å². The van der Waals surface area contributed by atoms with Gasteiger partial charge < -0.3 is 10.2 Å². The van der Waals surface area contributed by atoms with E-state index in [1.54, 1.807) is 6.07 Å². The number of carbonyl (C=O) groups excluding carboxylic acids is 1. The lowest BCUT2D eigenvalue weighted by atomic mass is 9.73. The lowest BCUT2D eigenvalue weighted by Gasteiger charge is -2.53. The van der Waals surface area contributed by atoms with Crippen molar-refractivity contribution in [2.24, 2.45) is 0 Å². The van der Waals surface area contributed by atoms with Crippen LogP contribution in [0.15, 0.2) is 60.7 Å². The molecule has 0 atom stereocenters. The molecule has 2 aliphatic rings. The summed E-state index contributed by atoms with van der Waals surface area (Å²) in [6.07, 6.45) is 2.70. The fourth-order valence-electron chi connectivity index (χ4n) is 6.02. The number of nitrogens with one attached hydrogen (secondary N) is 1. The number of carbonyl (C=O) groups is 1. The summed E-state index contributed by atoms with van der Waals surface area (Å²) in [5.41, 5.74) is 5.54. The minimum absolute atomic E-state index is 0.0326. The number of halogens is 2. The van der Waals surface area contributed by atoms with Crippen LogP contribution in [0.3, 0.4) is 0 Å². The van der Waals surface area contributed by atoms with Gasteiger partial charge >= 0.3 is 0 Å². The number of hydrogen-bond acceptors (Lipinski definition) is 4. The van der Waals surface area contributed by atoms with E-state index in [0.717, 1.165) is 50.0 Å². The average Bonchev–Trinajstić information content (AvgIpc) is 2.92. The molecule has 1 fully saturated rings. The number of fused-ring (bicyclic) bond motifs is 2. The molecule has 0 saturated carbocycles. The molecular formula is C31H32ClFN4O. The number of nitrogens with zero attached hydrogens (tertiary/aromatic N) is 3. The van der Waals surface area contributed by atoms with Gasteiger partial charge in [-0.15, -0.1) is 0 Å². The number of anilines is 1. The minimum atomic E-state index is -0.551. The van der Waals surface area contributed by atoms with Crippen molar-refractivity contribution in [3.8, 4) is 17.2 Å². The Bertz CT molecular complexity index is 1390. The molecule has 0 unspecified atom stereocenters. The van der Waals surface area contributed by atoms with Crippen LogP contribution in [0, 0.1) is 17.1 Å². The number of rotatable bonds is 5. The molecule has 5 nitrogen and oxygen atoms in total. The van der Waals surface area contributed by atoms with Crippen LogP contribution in [0.2, 0.25) is 5.02 Å². The predicted molar refractivity (Wildman–Crippen MR) is 150 cm³/mol. The highest BCUT2D eigenvalue weighted by Crippen LogP contribution is 2.44. The third-order valence-electron chi connectivity index (χ3n) is 8.08. The first-order chi connectivity index (χ1) is 18.3. The van der Waals surface area contributed by atoms with Crippen molar-refractivity contribution in [3.63, 3.8) is 0 Å². The van der Waals surface area contributed by atoms with E-state index in [2.05, 4.69) is 53.2 Å². The highest BCUT2D eigenvalue weighted by atomic mass is 35.5. The van der Waals surface area contributed by atoms with Crippen molar-refractivity contribution in [1.29, 1.82) is 5.26 Å². The maximum Gasteiger partial charge on any atom is 0.238 e. The molecule has 1 N–H and O–H groups in total. The highest BCUT2D eigenvalue weighted by molar-refractivity contribution is 6.30. The third-order valence-corrected chi connectivity index (χ3v) is 8.39. The van der Waals surface area contributed by atoms with Crippen LogP contribution in [0.1, 0.15) is 43.4 Å². The zero-order chi connectivity index (χ0) is 26.9. The van der Waals surface area contributed by atoms with Crippen LogP contribution < -0.4 is 5.32 Å². The summed E-state index contributed by atoms with van der Waals surface area (Å²) in [4.78, 5) is 18.0. The van der Waals surface area contributed by atoms with Gasteiger partial charge in [0, 0.05) is 36.9 Å². The molecule has 38 heavy (non-hydrogen) atoms. The second kappa shape index (κ2) is 10.9. The molecular weight excluding hydrogens is 499 g/mol. The Labute approximate surface area is 228 Å². The molecule has 3 aromatic carbocycles. The molecule has 0 radical (unpaired) electrons. The molecule has 0 bridgehead atoms. The van der Waals surface area contributed by atoms with Crippen molar-refractivity contribution < 1.29 is 9.18 Å². The molecule has 1 amide bonds. The maximum atomic E-state index is 13.9. The number of nitriles is 1. The standard InChI is InChI=1S/C31H32ClFN4O/c1-21(2)36-14-11-31(12-15-36)27-8-6-24(23-5-3-4-22(16-23)19-34)17-25(27)10-13-37(31)20-30(38)35-26-7-9-28(32)29(33)18-26/h3-9,16-18,21H,10-15,20H2,1-2H3,(H,35,38). The second-order valence-electron chi connectivity index (χ2n) is 10.6. The Hall–Kier alpha value is -3.24. The summed E-state index contributed by atoms with van der Waals surface area (Å²) in [6.45, 7) is 7.37. The van der Waals surface area contributed by atoms with Crippen LogP contribution in [0.4, 0.5) is 10.1 Å². The zero-order valence-corrected chi connectivity index (χ0v) is 22.6. The van der Waals surface area contributed by atoms with E-state index in [4.69, 9.17) is 11.6 Å². The first-order valence-corrected chi connectivity index (χ1v) is 13.5. The van der Waals surface area contributed by atoms with Gasteiger partial charge in [-0.1, -0.05) is 41.9 Å². The number of benzene rings is 3. The van der Waals surface area contributed by atoms with Crippen molar-refractivity contribution in [3.05, 3.63) is 88.2 Å². The van der Waals surface area contributed by atoms with Crippen LogP contribution >= 0.6 is 11.6 Å². The highest BCUT2D eigenvalue weighted by Gasteiger charge is 2.45. The molecule has 5 rings (SSSR count).